The van der Waals surface area contributed by atoms with E-state index >= 15 is 0 Å². The van der Waals surface area contributed by atoms with Gasteiger partial charge in [0.1, 0.15) is 5.52 Å². The molecular formula is C44H29N3O. The Hall–Kier alpha value is -6.52. The first-order valence-electron chi connectivity index (χ1n) is 16.1. The van der Waals surface area contributed by atoms with Crippen LogP contribution in [0.5, 0.6) is 0 Å². The van der Waals surface area contributed by atoms with E-state index < -0.39 is 0 Å². The molecule has 4 nitrogen and oxygen atoms in total. The Balaban J connectivity index is 1.17. The highest BCUT2D eigenvalue weighted by Crippen LogP contribution is 2.40. The average Bonchev–Trinajstić information content (AvgIpc) is 3.61. The molecule has 9 rings (SSSR count). The molecule has 0 amide bonds. The number of anilines is 3. The third-order valence-corrected chi connectivity index (χ3v) is 8.87. The van der Waals surface area contributed by atoms with Crippen LogP contribution in [0.3, 0.4) is 0 Å². The highest BCUT2D eigenvalue weighted by molar-refractivity contribution is 6.18. The van der Waals surface area contributed by atoms with Crippen molar-refractivity contribution in [1.29, 1.82) is 0 Å². The molecule has 0 aliphatic heterocycles. The van der Waals surface area contributed by atoms with Crippen molar-refractivity contribution in [2.75, 3.05) is 4.90 Å². The first kappa shape index (κ1) is 27.8. The van der Waals surface area contributed by atoms with E-state index in [1.165, 1.54) is 0 Å². The van der Waals surface area contributed by atoms with Crippen LogP contribution >= 0.6 is 0 Å². The van der Waals surface area contributed by atoms with E-state index in [1.807, 2.05) is 54.6 Å². The zero-order valence-electron chi connectivity index (χ0n) is 26.0. The van der Waals surface area contributed by atoms with Crippen LogP contribution < -0.4 is 4.90 Å². The van der Waals surface area contributed by atoms with Crippen LogP contribution in [0.15, 0.2) is 180 Å². The van der Waals surface area contributed by atoms with Crippen molar-refractivity contribution in [1.82, 2.24) is 9.97 Å². The average molecular weight is 616 g/mol. The maximum atomic E-state index is 6.51. The summed E-state index contributed by atoms with van der Waals surface area (Å²) in [4.78, 5) is 12.1. The van der Waals surface area contributed by atoms with Gasteiger partial charge in [0.15, 0.2) is 5.58 Å². The summed E-state index contributed by atoms with van der Waals surface area (Å²) in [6.45, 7) is 0. The summed E-state index contributed by atoms with van der Waals surface area (Å²) in [6.07, 6.45) is 0. The number of hydrogen-bond acceptors (Lipinski definition) is 4. The Morgan fingerprint density at radius 1 is 0.417 bits per heavy atom. The number of fused-ring (bicyclic) bond motifs is 5. The van der Waals surface area contributed by atoms with Crippen molar-refractivity contribution in [3.05, 3.63) is 176 Å². The molecule has 0 spiro atoms. The fraction of sp³-hybridized carbons (Fsp3) is 0. The SMILES string of the molecule is c1ccc(-c2cccc(-c3ccc(N(c4ccccc4)c4ccc5ccc6ccc7nc(-c8ccccc8)oc7c6c5c4)cc3)n2)cc1. The van der Waals surface area contributed by atoms with E-state index in [0.717, 1.165) is 77.8 Å². The molecule has 2 aromatic heterocycles. The number of nitrogens with zero attached hydrogens (tertiary/aromatic N) is 3. The molecule has 0 unspecified atom stereocenters. The molecule has 226 valence electrons. The minimum atomic E-state index is 0.626. The lowest BCUT2D eigenvalue weighted by molar-refractivity contribution is 0.623. The zero-order valence-corrected chi connectivity index (χ0v) is 26.0. The van der Waals surface area contributed by atoms with Gasteiger partial charge in [0.25, 0.3) is 0 Å². The Bertz CT molecular complexity index is 2540. The number of aromatic nitrogens is 2. The van der Waals surface area contributed by atoms with Crippen molar-refractivity contribution in [2.24, 2.45) is 0 Å². The summed E-state index contributed by atoms with van der Waals surface area (Å²) in [6, 6.07) is 60.9. The van der Waals surface area contributed by atoms with Gasteiger partial charge in [0, 0.05) is 39.1 Å². The van der Waals surface area contributed by atoms with Gasteiger partial charge in [-0.15, -0.1) is 0 Å². The van der Waals surface area contributed by atoms with Crippen molar-refractivity contribution in [2.45, 2.75) is 0 Å². The van der Waals surface area contributed by atoms with Gasteiger partial charge < -0.3 is 9.32 Å². The molecule has 0 aliphatic rings. The smallest absolute Gasteiger partial charge is 0.227 e. The number of benzene rings is 7. The normalized spacial score (nSPS) is 11.3. The van der Waals surface area contributed by atoms with Gasteiger partial charge in [-0.2, -0.15) is 0 Å². The van der Waals surface area contributed by atoms with Crippen molar-refractivity contribution in [3.8, 4) is 34.0 Å². The van der Waals surface area contributed by atoms with Gasteiger partial charge in [0.05, 0.1) is 11.4 Å². The lowest BCUT2D eigenvalue weighted by Crippen LogP contribution is -2.09. The standard InChI is InChI=1S/C44H29N3O/c1-4-11-31(12-5-1)39-17-10-18-40(45-39)32-22-25-36(26-23-32)47(35-15-8-3-9-16-35)37-27-21-30-19-20-33-24-28-41-43(42(33)38(30)29-37)48-44(46-41)34-13-6-2-7-14-34/h1-29H. The summed E-state index contributed by atoms with van der Waals surface area (Å²) in [5.41, 5.74) is 9.87. The lowest BCUT2D eigenvalue weighted by atomic mass is 10.00. The molecule has 0 atom stereocenters. The number of para-hydroxylation sites is 1. The number of rotatable bonds is 6. The van der Waals surface area contributed by atoms with Crippen molar-refractivity contribution < 1.29 is 4.42 Å². The summed E-state index contributed by atoms with van der Waals surface area (Å²) in [7, 11) is 0. The molecule has 0 radical (unpaired) electrons. The second-order valence-corrected chi connectivity index (χ2v) is 11.9. The Labute approximate surface area is 278 Å². The minimum absolute atomic E-state index is 0.626. The third kappa shape index (κ3) is 4.97. The second-order valence-electron chi connectivity index (χ2n) is 11.9. The highest BCUT2D eigenvalue weighted by atomic mass is 16.3. The highest BCUT2D eigenvalue weighted by Gasteiger charge is 2.17. The van der Waals surface area contributed by atoms with Gasteiger partial charge in [-0.25, -0.2) is 9.97 Å². The lowest BCUT2D eigenvalue weighted by Gasteiger charge is -2.26. The largest absolute Gasteiger partial charge is 0.435 e. The van der Waals surface area contributed by atoms with Gasteiger partial charge in [0.2, 0.25) is 5.89 Å². The zero-order chi connectivity index (χ0) is 31.9. The van der Waals surface area contributed by atoms with Crippen LogP contribution in [0.25, 0.3) is 66.6 Å². The van der Waals surface area contributed by atoms with Gasteiger partial charge in [-0.1, -0.05) is 109 Å². The van der Waals surface area contributed by atoms with Crippen LogP contribution in [0, 0.1) is 0 Å². The monoisotopic (exact) mass is 615 g/mol. The fourth-order valence-electron chi connectivity index (χ4n) is 6.52. The third-order valence-electron chi connectivity index (χ3n) is 8.87. The predicted octanol–water partition coefficient (Wildman–Crippen LogP) is 12.0. The Morgan fingerprint density at radius 2 is 0.979 bits per heavy atom. The molecular weight excluding hydrogens is 587 g/mol. The summed E-state index contributed by atoms with van der Waals surface area (Å²) >= 11 is 0. The number of pyridine rings is 1. The summed E-state index contributed by atoms with van der Waals surface area (Å²) in [5.74, 6) is 0.626. The van der Waals surface area contributed by atoms with Gasteiger partial charge >= 0.3 is 0 Å². The van der Waals surface area contributed by atoms with E-state index in [1.54, 1.807) is 0 Å². The number of oxazole rings is 1. The van der Waals surface area contributed by atoms with Crippen molar-refractivity contribution in [3.63, 3.8) is 0 Å². The molecule has 7 aromatic carbocycles. The summed E-state index contributed by atoms with van der Waals surface area (Å²) in [5, 5.41) is 4.44. The van der Waals surface area contributed by atoms with Gasteiger partial charge in [-0.3, -0.25) is 0 Å². The molecule has 0 fully saturated rings. The molecule has 48 heavy (non-hydrogen) atoms. The topological polar surface area (TPSA) is 42.2 Å². The van der Waals surface area contributed by atoms with Crippen molar-refractivity contribution >= 4 is 49.7 Å². The van der Waals surface area contributed by atoms with Gasteiger partial charge in [-0.05, 0) is 82.9 Å². The molecule has 0 aliphatic carbocycles. The van der Waals surface area contributed by atoms with Crippen LogP contribution in [0.1, 0.15) is 0 Å². The van der Waals surface area contributed by atoms with E-state index in [9.17, 15) is 0 Å². The first-order valence-corrected chi connectivity index (χ1v) is 16.1. The molecule has 4 heteroatoms. The maximum absolute atomic E-state index is 6.51. The van der Waals surface area contributed by atoms with E-state index in [2.05, 4.69) is 126 Å². The van der Waals surface area contributed by atoms with Crippen LogP contribution in [0.4, 0.5) is 17.1 Å². The molecule has 0 bridgehead atoms. The van der Waals surface area contributed by atoms with Crippen LogP contribution in [-0.4, -0.2) is 9.97 Å². The molecule has 0 N–H and O–H groups in total. The summed E-state index contributed by atoms with van der Waals surface area (Å²) < 4.78 is 6.51. The predicted molar refractivity (Wildman–Crippen MR) is 198 cm³/mol. The number of hydrogen-bond donors (Lipinski definition) is 0. The van der Waals surface area contributed by atoms with E-state index in [0.29, 0.717) is 5.89 Å². The molecule has 9 aromatic rings. The molecule has 0 saturated heterocycles. The van der Waals surface area contributed by atoms with E-state index in [-0.39, 0.29) is 0 Å². The minimum Gasteiger partial charge on any atom is -0.435 e. The fourth-order valence-corrected chi connectivity index (χ4v) is 6.52. The quantitative estimate of drug-likeness (QED) is 0.175. The molecule has 0 saturated carbocycles. The maximum Gasteiger partial charge on any atom is 0.227 e. The van der Waals surface area contributed by atoms with Crippen LogP contribution in [-0.2, 0) is 0 Å². The Kier molecular flexibility index (Phi) is 6.76. The van der Waals surface area contributed by atoms with E-state index in [4.69, 9.17) is 14.4 Å². The molecule has 2 heterocycles. The first-order chi connectivity index (χ1) is 23.8. The Morgan fingerprint density at radius 3 is 1.71 bits per heavy atom. The van der Waals surface area contributed by atoms with Crippen LogP contribution in [0.2, 0.25) is 0 Å². The second kappa shape index (κ2) is 11.7.